The van der Waals surface area contributed by atoms with E-state index in [4.69, 9.17) is 11.6 Å². The number of nitrogens with one attached hydrogen (secondary N) is 2. The number of aryl methyl sites for hydroxylation is 1. The van der Waals surface area contributed by atoms with Gasteiger partial charge in [-0.25, -0.2) is 8.78 Å². The van der Waals surface area contributed by atoms with Crippen LogP contribution in [-0.4, -0.2) is 10.9 Å². The molecule has 1 aromatic heterocycles. The van der Waals surface area contributed by atoms with E-state index in [0.717, 1.165) is 36.5 Å². The molecule has 0 saturated heterocycles. The van der Waals surface area contributed by atoms with Crippen molar-refractivity contribution in [3.05, 3.63) is 64.3 Å². The van der Waals surface area contributed by atoms with E-state index in [9.17, 15) is 13.6 Å². The number of aromatic nitrogens is 1. The van der Waals surface area contributed by atoms with Crippen molar-refractivity contribution in [3.63, 3.8) is 0 Å². The quantitative estimate of drug-likeness (QED) is 0.591. The van der Waals surface area contributed by atoms with Gasteiger partial charge in [0.1, 0.15) is 0 Å². The van der Waals surface area contributed by atoms with Gasteiger partial charge < -0.3 is 10.3 Å². The maximum absolute atomic E-state index is 13.5. The minimum absolute atomic E-state index is 0.355. The molecule has 1 saturated carbocycles. The summed E-state index contributed by atoms with van der Waals surface area (Å²) in [6.07, 6.45) is 6.15. The molecule has 1 aliphatic rings. The molecule has 1 heterocycles. The van der Waals surface area contributed by atoms with Gasteiger partial charge >= 0.3 is 0 Å². The molecule has 2 aromatic carbocycles. The summed E-state index contributed by atoms with van der Waals surface area (Å²) in [5.74, 6) is -1.44. The molecule has 134 valence electrons. The van der Waals surface area contributed by atoms with Crippen LogP contribution in [0.3, 0.4) is 0 Å². The zero-order chi connectivity index (χ0) is 18.3. The van der Waals surface area contributed by atoms with Crippen LogP contribution in [0.2, 0.25) is 5.02 Å². The van der Waals surface area contributed by atoms with Crippen LogP contribution in [0.15, 0.2) is 36.5 Å². The summed E-state index contributed by atoms with van der Waals surface area (Å²) in [6.45, 7) is 0. The molecule has 0 aliphatic heterocycles. The van der Waals surface area contributed by atoms with Crippen molar-refractivity contribution in [2.45, 2.75) is 25.7 Å². The van der Waals surface area contributed by atoms with E-state index in [1.54, 1.807) is 12.1 Å². The van der Waals surface area contributed by atoms with Crippen molar-refractivity contribution in [3.8, 4) is 0 Å². The first-order chi connectivity index (χ1) is 12.5. The van der Waals surface area contributed by atoms with Gasteiger partial charge in [0, 0.05) is 28.2 Å². The monoisotopic (exact) mass is 374 g/mol. The standard InChI is InChI=1S/C20H17ClF2N2O/c21-15-7-13(6-5-12(15)4-3-11-1-2-11)20(26)25-19-10-24-18-9-17(23)16(22)8-14(18)19/h5-11,24H,1-4H2,(H,25,26). The molecule has 26 heavy (non-hydrogen) atoms. The van der Waals surface area contributed by atoms with Gasteiger partial charge in [-0.15, -0.1) is 0 Å². The number of carbonyl (C=O) groups is 1. The molecule has 0 radical (unpaired) electrons. The Labute approximate surface area is 154 Å². The fraction of sp³-hybridized carbons (Fsp3) is 0.250. The van der Waals surface area contributed by atoms with Gasteiger partial charge in [-0.3, -0.25) is 4.79 Å². The Morgan fingerprint density at radius 1 is 1.19 bits per heavy atom. The van der Waals surface area contributed by atoms with Gasteiger partial charge in [-0.1, -0.05) is 30.5 Å². The third kappa shape index (κ3) is 3.44. The summed E-state index contributed by atoms with van der Waals surface area (Å²) >= 11 is 6.32. The molecular formula is C20H17ClF2N2O. The third-order valence-electron chi connectivity index (χ3n) is 4.80. The third-order valence-corrected chi connectivity index (χ3v) is 5.16. The predicted molar refractivity (Wildman–Crippen MR) is 98.7 cm³/mol. The van der Waals surface area contributed by atoms with Gasteiger partial charge in [0.15, 0.2) is 11.6 Å². The first-order valence-corrected chi connectivity index (χ1v) is 8.95. The van der Waals surface area contributed by atoms with Crippen LogP contribution in [0.4, 0.5) is 14.5 Å². The lowest BCUT2D eigenvalue weighted by molar-refractivity contribution is 0.102. The summed E-state index contributed by atoms with van der Waals surface area (Å²) in [7, 11) is 0. The first-order valence-electron chi connectivity index (χ1n) is 8.57. The van der Waals surface area contributed by atoms with Crippen molar-refractivity contribution in [2.75, 3.05) is 5.32 Å². The molecule has 1 amide bonds. The minimum atomic E-state index is -0.962. The maximum atomic E-state index is 13.5. The number of aromatic amines is 1. The fourth-order valence-electron chi connectivity index (χ4n) is 3.07. The van der Waals surface area contributed by atoms with Gasteiger partial charge in [0.25, 0.3) is 5.91 Å². The van der Waals surface area contributed by atoms with E-state index >= 15 is 0 Å². The highest BCUT2D eigenvalue weighted by atomic mass is 35.5. The van der Waals surface area contributed by atoms with Crippen molar-refractivity contribution in [1.29, 1.82) is 0 Å². The van der Waals surface area contributed by atoms with Gasteiger partial charge in [0.05, 0.1) is 11.2 Å². The average Bonchev–Trinajstić information content (AvgIpc) is 3.37. The van der Waals surface area contributed by atoms with Crippen LogP contribution in [-0.2, 0) is 6.42 Å². The van der Waals surface area contributed by atoms with Crippen molar-refractivity contribution >= 4 is 34.1 Å². The molecule has 6 heteroatoms. The Hall–Kier alpha value is -2.40. The van der Waals surface area contributed by atoms with E-state index in [1.165, 1.54) is 19.0 Å². The number of H-pyrrole nitrogens is 1. The lowest BCUT2D eigenvalue weighted by atomic mass is 10.0. The van der Waals surface area contributed by atoms with Gasteiger partial charge in [0.2, 0.25) is 0 Å². The zero-order valence-corrected chi connectivity index (χ0v) is 14.7. The molecule has 4 rings (SSSR count). The van der Waals surface area contributed by atoms with Crippen molar-refractivity contribution < 1.29 is 13.6 Å². The van der Waals surface area contributed by atoms with Crippen molar-refractivity contribution in [1.82, 2.24) is 4.98 Å². The van der Waals surface area contributed by atoms with E-state index in [1.807, 2.05) is 6.07 Å². The summed E-state index contributed by atoms with van der Waals surface area (Å²) in [6, 6.07) is 7.38. The highest BCUT2D eigenvalue weighted by Gasteiger charge is 2.21. The predicted octanol–water partition coefficient (Wildman–Crippen LogP) is 5.69. The normalized spacial score (nSPS) is 14.0. The van der Waals surface area contributed by atoms with Crippen LogP contribution in [0.1, 0.15) is 35.2 Å². The smallest absolute Gasteiger partial charge is 0.255 e. The van der Waals surface area contributed by atoms with Crippen LogP contribution in [0.25, 0.3) is 10.9 Å². The van der Waals surface area contributed by atoms with Crippen LogP contribution in [0.5, 0.6) is 0 Å². The molecular weight excluding hydrogens is 358 g/mol. The number of carbonyl (C=O) groups excluding carboxylic acids is 1. The molecule has 2 N–H and O–H groups in total. The largest absolute Gasteiger partial charge is 0.359 e. The number of hydrogen-bond donors (Lipinski definition) is 2. The second-order valence-electron chi connectivity index (χ2n) is 6.76. The summed E-state index contributed by atoms with van der Waals surface area (Å²) in [4.78, 5) is 15.3. The Morgan fingerprint density at radius 3 is 2.69 bits per heavy atom. The number of fused-ring (bicyclic) bond motifs is 1. The molecule has 0 unspecified atom stereocenters. The summed E-state index contributed by atoms with van der Waals surface area (Å²) in [5.41, 5.74) is 2.26. The second-order valence-corrected chi connectivity index (χ2v) is 7.16. The zero-order valence-electron chi connectivity index (χ0n) is 13.9. The molecule has 0 bridgehead atoms. The maximum Gasteiger partial charge on any atom is 0.255 e. The molecule has 1 fully saturated rings. The Bertz CT molecular complexity index is 995. The lowest BCUT2D eigenvalue weighted by Gasteiger charge is -2.08. The number of benzene rings is 2. The van der Waals surface area contributed by atoms with Crippen LogP contribution in [0, 0.1) is 17.6 Å². The lowest BCUT2D eigenvalue weighted by Crippen LogP contribution is -2.11. The number of rotatable bonds is 5. The summed E-state index contributed by atoms with van der Waals surface area (Å²) < 4.78 is 26.8. The second kappa shape index (κ2) is 6.72. The molecule has 0 spiro atoms. The number of hydrogen-bond acceptors (Lipinski definition) is 1. The average molecular weight is 375 g/mol. The number of anilines is 1. The fourth-order valence-corrected chi connectivity index (χ4v) is 3.35. The van der Waals surface area contributed by atoms with E-state index in [0.29, 0.717) is 27.2 Å². The van der Waals surface area contributed by atoms with Gasteiger partial charge in [-0.05, 0) is 42.5 Å². The number of amides is 1. The SMILES string of the molecule is O=C(Nc1c[nH]c2cc(F)c(F)cc12)c1ccc(CCC2CC2)c(Cl)c1. The highest BCUT2D eigenvalue weighted by molar-refractivity contribution is 6.31. The minimum Gasteiger partial charge on any atom is -0.359 e. The summed E-state index contributed by atoms with van der Waals surface area (Å²) in [5, 5.41) is 3.70. The highest BCUT2D eigenvalue weighted by Crippen LogP contribution is 2.34. The Balaban J connectivity index is 1.52. The molecule has 1 aliphatic carbocycles. The van der Waals surface area contributed by atoms with Crippen LogP contribution >= 0.6 is 11.6 Å². The molecule has 3 nitrogen and oxygen atoms in total. The van der Waals surface area contributed by atoms with Gasteiger partial charge in [-0.2, -0.15) is 0 Å². The van der Waals surface area contributed by atoms with E-state index < -0.39 is 11.6 Å². The Kier molecular flexibility index (Phi) is 4.41. The number of halogens is 3. The Morgan fingerprint density at radius 2 is 1.96 bits per heavy atom. The van der Waals surface area contributed by atoms with E-state index in [2.05, 4.69) is 10.3 Å². The molecule has 0 atom stereocenters. The van der Waals surface area contributed by atoms with Crippen LogP contribution < -0.4 is 5.32 Å². The first kappa shape index (κ1) is 17.0. The molecule has 3 aromatic rings. The van der Waals surface area contributed by atoms with E-state index in [-0.39, 0.29) is 5.91 Å². The van der Waals surface area contributed by atoms with Crippen molar-refractivity contribution in [2.24, 2.45) is 5.92 Å². The topological polar surface area (TPSA) is 44.9 Å².